The predicted octanol–water partition coefficient (Wildman–Crippen LogP) is 1.39. The van der Waals surface area contributed by atoms with Crippen LogP contribution in [0, 0.1) is 5.92 Å². The lowest BCUT2D eigenvalue weighted by Gasteiger charge is -2.31. The van der Waals surface area contributed by atoms with Crippen LogP contribution in [0.3, 0.4) is 0 Å². The number of rotatable bonds is 5. The summed E-state index contributed by atoms with van der Waals surface area (Å²) in [7, 11) is 0. The minimum absolute atomic E-state index is 0.0317. The summed E-state index contributed by atoms with van der Waals surface area (Å²) in [6.45, 7) is 3.34. The number of aromatic nitrogens is 3. The highest BCUT2D eigenvalue weighted by Gasteiger charge is 2.28. The van der Waals surface area contributed by atoms with Crippen molar-refractivity contribution >= 4 is 11.8 Å². The molecule has 0 bridgehead atoms. The maximum atomic E-state index is 12.7. The Hall–Kier alpha value is -2.70. The number of carbonyl (C=O) groups excluding carboxylic acids is 2. The first-order valence-corrected chi connectivity index (χ1v) is 8.58. The van der Waals surface area contributed by atoms with E-state index in [0.717, 1.165) is 5.56 Å². The monoisotopic (exact) mass is 341 g/mol. The minimum Gasteiger partial charge on any atom is -0.347 e. The molecule has 2 aromatic rings. The van der Waals surface area contributed by atoms with E-state index in [0.29, 0.717) is 32.5 Å². The number of piperidine rings is 1. The van der Waals surface area contributed by atoms with Gasteiger partial charge in [-0.3, -0.25) is 9.59 Å². The molecule has 7 heteroatoms. The second-order valence-corrected chi connectivity index (χ2v) is 6.34. The normalized spacial score (nSPS) is 16.4. The molecule has 1 aliphatic heterocycles. The van der Waals surface area contributed by atoms with Gasteiger partial charge in [0.25, 0.3) is 0 Å². The maximum absolute atomic E-state index is 12.7. The molecule has 1 aromatic carbocycles. The second-order valence-electron chi connectivity index (χ2n) is 6.34. The van der Waals surface area contributed by atoms with Gasteiger partial charge in [-0.05, 0) is 18.4 Å². The van der Waals surface area contributed by atoms with Gasteiger partial charge in [0.1, 0.15) is 0 Å². The number of carbonyl (C=O) groups is 2. The van der Waals surface area contributed by atoms with Crippen molar-refractivity contribution < 1.29 is 9.59 Å². The van der Waals surface area contributed by atoms with E-state index in [1.807, 2.05) is 30.3 Å². The van der Waals surface area contributed by atoms with Gasteiger partial charge >= 0.3 is 0 Å². The summed E-state index contributed by atoms with van der Waals surface area (Å²) in [6.07, 6.45) is 4.66. The molecule has 1 aromatic heterocycles. The Labute approximate surface area is 147 Å². The molecule has 0 unspecified atom stereocenters. The van der Waals surface area contributed by atoms with Gasteiger partial charge in [0.15, 0.2) is 0 Å². The minimum atomic E-state index is -0.188. The van der Waals surface area contributed by atoms with Crippen LogP contribution < -0.4 is 5.32 Å². The van der Waals surface area contributed by atoms with Crippen LogP contribution in [-0.2, 0) is 16.1 Å². The van der Waals surface area contributed by atoms with Crippen LogP contribution in [0.25, 0.3) is 0 Å². The zero-order valence-corrected chi connectivity index (χ0v) is 14.3. The van der Waals surface area contributed by atoms with Crippen LogP contribution in [-0.4, -0.2) is 44.8 Å². The van der Waals surface area contributed by atoms with E-state index < -0.39 is 0 Å². The fraction of sp³-hybridized carbons (Fsp3) is 0.444. The Morgan fingerprint density at radius 1 is 1.16 bits per heavy atom. The molecule has 1 fully saturated rings. The van der Waals surface area contributed by atoms with Gasteiger partial charge < -0.3 is 10.2 Å². The Morgan fingerprint density at radius 2 is 1.80 bits per heavy atom. The molecular weight excluding hydrogens is 318 g/mol. The summed E-state index contributed by atoms with van der Waals surface area (Å²) < 4.78 is 0. The lowest BCUT2D eigenvalue weighted by atomic mass is 9.95. The molecule has 132 valence electrons. The number of nitrogens with one attached hydrogen (secondary N) is 1. The quantitative estimate of drug-likeness (QED) is 0.891. The fourth-order valence-electron chi connectivity index (χ4n) is 3.17. The van der Waals surface area contributed by atoms with Crippen molar-refractivity contribution in [3.05, 3.63) is 48.3 Å². The van der Waals surface area contributed by atoms with Gasteiger partial charge in [0.05, 0.1) is 25.0 Å². The van der Waals surface area contributed by atoms with Gasteiger partial charge in [-0.25, -0.2) is 0 Å². The van der Waals surface area contributed by atoms with Crippen LogP contribution in [0.2, 0.25) is 0 Å². The molecule has 25 heavy (non-hydrogen) atoms. The number of nitrogens with zero attached hydrogens (tertiary/aromatic N) is 4. The highest BCUT2D eigenvalue weighted by atomic mass is 16.2. The number of hydrogen-bond acceptors (Lipinski definition) is 4. The number of likely N-dealkylation sites (tertiary alicyclic amines) is 1. The van der Waals surface area contributed by atoms with Crippen LogP contribution in [0.4, 0.5) is 0 Å². The standard InChI is InChI=1S/C18H23N5O2/c1-14(24)22-11-7-16(8-12-22)18(25)21-17(13-23-19-9-10-20-23)15-5-3-2-4-6-15/h2-6,9-10,16-17H,7-8,11-13H2,1H3,(H,21,25)/t17-/m0/s1. The molecule has 0 spiro atoms. The Kier molecular flexibility index (Phi) is 5.42. The van der Waals surface area contributed by atoms with E-state index in [1.165, 1.54) is 0 Å². The van der Waals surface area contributed by atoms with Gasteiger partial charge in [-0.1, -0.05) is 30.3 Å². The summed E-state index contributed by atoms with van der Waals surface area (Å²) in [5.41, 5.74) is 1.02. The molecule has 1 saturated heterocycles. The topological polar surface area (TPSA) is 80.1 Å². The molecule has 2 amide bonds. The van der Waals surface area contributed by atoms with Crippen molar-refractivity contribution in [2.24, 2.45) is 5.92 Å². The number of benzene rings is 1. The molecule has 3 rings (SSSR count). The largest absolute Gasteiger partial charge is 0.347 e. The van der Waals surface area contributed by atoms with Crippen molar-refractivity contribution in [2.75, 3.05) is 13.1 Å². The second kappa shape index (κ2) is 7.92. The SMILES string of the molecule is CC(=O)N1CCC(C(=O)N[C@@H](Cn2nccn2)c2ccccc2)CC1. The smallest absolute Gasteiger partial charge is 0.223 e. The summed E-state index contributed by atoms with van der Waals surface area (Å²) >= 11 is 0. The zero-order valence-electron chi connectivity index (χ0n) is 14.3. The highest BCUT2D eigenvalue weighted by Crippen LogP contribution is 2.20. The van der Waals surface area contributed by atoms with Crippen LogP contribution in [0.1, 0.15) is 31.4 Å². The lowest BCUT2D eigenvalue weighted by Crippen LogP contribution is -2.43. The van der Waals surface area contributed by atoms with Crippen molar-refractivity contribution in [2.45, 2.75) is 32.4 Å². The maximum Gasteiger partial charge on any atom is 0.223 e. The zero-order chi connectivity index (χ0) is 17.6. The van der Waals surface area contributed by atoms with Crippen molar-refractivity contribution in [3.63, 3.8) is 0 Å². The van der Waals surface area contributed by atoms with Crippen LogP contribution >= 0.6 is 0 Å². The average Bonchev–Trinajstić information content (AvgIpc) is 3.15. The van der Waals surface area contributed by atoms with Gasteiger partial charge in [0.2, 0.25) is 11.8 Å². The van der Waals surface area contributed by atoms with Gasteiger partial charge in [0, 0.05) is 25.9 Å². The Bertz CT molecular complexity index is 694. The van der Waals surface area contributed by atoms with E-state index in [-0.39, 0.29) is 23.8 Å². The van der Waals surface area contributed by atoms with E-state index in [4.69, 9.17) is 0 Å². The van der Waals surface area contributed by atoms with E-state index >= 15 is 0 Å². The first kappa shape index (κ1) is 17.1. The van der Waals surface area contributed by atoms with Crippen molar-refractivity contribution in [3.8, 4) is 0 Å². The van der Waals surface area contributed by atoms with Crippen molar-refractivity contribution in [1.29, 1.82) is 0 Å². The molecular formula is C18H23N5O2. The average molecular weight is 341 g/mol. The third kappa shape index (κ3) is 4.43. The molecule has 7 nitrogen and oxygen atoms in total. The van der Waals surface area contributed by atoms with Crippen LogP contribution in [0.15, 0.2) is 42.7 Å². The molecule has 1 N–H and O–H groups in total. The molecule has 1 aliphatic rings. The molecule has 0 saturated carbocycles. The predicted molar refractivity (Wildman–Crippen MR) is 92.3 cm³/mol. The fourth-order valence-corrected chi connectivity index (χ4v) is 3.17. The molecule has 1 atom stereocenters. The summed E-state index contributed by atoms with van der Waals surface area (Å²) in [6, 6.07) is 9.66. The molecule has 0 radical (unpaired) electrons. The highest BCUT2D eigenvalue weighted by molar-refractivity contribution is 5.80. The first-order chi connectivity index (χ1) is 12.1. The Balaban J connectivity index is 1.65. The van der Waals surface area contributed by atoms with Gasteiger partial charge in [-0.15, -0.1) is 0 Å². The number of amides is 2. The third-order valence-electron chi connectivity index (χ3n) is 4.64. The summed E-state index contributed by atoms with van der Waals surface area (Å²) in [4.78, 5) is 27.5. The molecule has 0 aliphatic carbocycles. The Morgan fingerprint density at radius 3 is 2.40 bits per heavy atom. The summed E-state index contributed by atoms with van der Waals surface area (Å²) in [5.74, 6) is 0.0439. The van der Waals surface area contributed by atoms with E-state index in [1.54, 1.807) is 29.0 Å². The number of hydrogen-bond donors (Lipinski definition) is 1. The van der Waals surface area contributed by atoms with Crippen LogP contribution in [0.5, 0.6) is 0 Å². The molecule has 2 heterocycles. The summed E-state index contributed by atoms with van der Waals surface area (Å²) in [5, 5.41) is 11.4. The van der Waals surface area contributed by atoms with E-state index in [2.05, 4.69) is 15.5 Å². The lowest BCUT2D eigenvalue weighted by molar-refractivity contribution is -0.134. The first-order valence-electron chi connectivity index (χ1n) is 8.58. The van der Waals surface area contributed by atoms with Crippen molar-refractivity contribution in [1.82, 2.24) is 25.2 Å². The third-order valence-corrected chi connectivity index (χ3v) is 4.64. The van der Waals surface area contributed by atoms with Gasteiger partial charge in [-0.2, -0.15) is 15.0 Å². The van der Waals surface area contributed by atoms with E-state index in [9.17, 15) is 9.59 Å².